The molecule has 0 amide bonds. The number of benzene rings is 1. The van der Waals surface area contributed by atoms with Crippen molar-refractivity contribution in [3.63, 3.8) is 0 Å². The van der Waals surface area contributed by atoms with E-state index in [0.717, 1.165) is 24.1 Å². The molecule has 4 heteroatoms. The van der Waals surface area contributed by atoms with Crippen LogP contribution in [0.25, 0.3) is 0 Å². The Morgan fingerprint density at radius 3 is 3.00 bits per heavy atom. The molecule has 0 aliphatic carbocycles. The van der Waals surface area contributed by atoms with Crippen LogP contribution in [0.3, 0.4) is 0 Å². The lowest BCUT2D eigenvalue weighted by atomic mass is 10.1. The Kier molecular flexibility index (Phi) is 5.82. The van der Waals surface area contributed by atoms with E-state index in [1.54, 1.807) is 0 Å². The first-order chi connectivity index (χ1) is 9.20. The third-order valence-electron chi connectivity index (χ3n) is 3.88. The summed E-state index contributed by atoms with van der Waals surface area (Å²) in [6.07, 6.45) is 2.51. The van der Waals surface area contributed by atoms with E-state index in [4.69, 9.17) is 0 Å². The highest BCUT2D eigenvalue weighted by atomic mass is 79.9. The van der Waals surface area contributed by atoms with Crippen molar-refractivity contribution in [2.24, 2.45) is 0 Å². The molecule has 0 spiro atoms. The predicted octanol–water partition coefficient (Wildman–Crippen LogP) is 2.56. The number of hydrogen-bond acceptors (Lipinski definition) is 3. The van der Waals surface area contributed by atoms with Crippen LogP contribution in [-0.2, 0) is 0 Å². The molecule has 2 rings (SSSR count). The Bertz CT molecular complexity index is 393. The Balaban J connectivity index is 2.04. The first-order valence-corrected chi connectivity index (χ1v) is 7.83. The van der Waals surface area contributed by atoms with Crippen molar-refractivity contribution in [2.75, 3.05) is 26.2 Å². The van der Waals surface area contributed by atoms with Crippen molar-refractivity contribution in [1.82, 2.24) is 10.2 Å². The van der Waals surface area contributed by atoms with Crippen molar-refractivity contribution >= 4 is 15.9 Å². The molecule has 0 aromatic heterocycles. The zero-order valence-electron chi connectivity index (χ0n) is 11.5. The minimum Gasteiger partial charge on any atom is -0.395 e. The Morgan fingerprint density at radius 2 is 2.37 bits per heavy atom. The standard InChI is InChI=1S/C15H23BrN2O/c1-12(13-4-2-5-14(16)10-13)18(8-9-19)11-15-6-3-7-17-15/h2,4-5,10,12,15,17,19H,3,6-9,11H2,1H3. The number of aliphatic hydroxyl groups excluding tert-OH is 1. The van der Waals surface area contributed by atoms with E-state index in [2.05, 4.69) is 51.3 Å². The molecule has 1 saturated heterocycles. The topological polar surface area (TPSA) is 35.5 Å². The molecule has 0 radical (unpaired) electrons. The van der Waals surface area contributed by atoms with Gasteiger partial charge in [-0.25, -0.2) is 0 Å². The molecule has 1 aliphatic rings. The average Bonchev–Trinajstić information content (AvgIpc) is 2.90. The fourth-order valence-electron chi connectivity index (χ4n) is 2.74. The smallest absolute Gasteiger partial charge is 0.0558 e. The molecule has 1 aromatic rings. The minimum absolute atomic E-state index is 0.213. The molecule has 1 heterocycles. The summed E-state index contributed by atoms with van der Waals surface area (Å²) in [6, 6.07) is 9.33. The van der Waals surface area contributed by atoms with E-state index in [-0.39, 0.29) is 6.61 Å². The van der Waals surface area contributed by atoms with Gasteiger partial charge in [0, 0.05) is 29.6 Å². The summed E-state index contributed by atoms with van der Waals surface area (Å²) in [5.74, 6) is 0. The molecule has 0 bridgehead atoms. The third-order valence-corrected chi connectivity index (χ3v) is 4.38. The van der Waals surface area contributed by atoms with Crippen molar-refractivity contribution in [1.29, 1.82) is 0 Å². The minimum atomic E-state index is 0.213. The molecular formula is C15H23BrN2O. The molecule has 1 fully saturated rings. The fraction of sp³-hybridized carbons (Fsp3) is 0.600. The molecule has 1 aromatic carbocycles. The second kappa shape index (κ2) is 7.39. The fourth-order valence-corrected chi connectivity index (χ4v) is 3.16. The largest absolute Gasteiger partial charge is 0.395 e. The highest BCUT2D eigenvalue weighted by Crippen LogP contribution is 2.24. The Morgan fingerprint density at radius 1 is 1.53 bits per heavy atom. The van der Waals surface area contributed by atoms with Crippen molar-refractivity contribution in [3.8, 4) is 0 Å². The van der Waals surface area contributed by atoms with Gasteiger partial charge in [-0.2, -0.15) is 0 Å². The lowest BCUT2D eigenvalue weighted by Gasteiger charge is -2.31. The van der Waals surface area contributed by atoms with Crippen LogP contribution in [0.1, 0.15) is 31.4 Å². The van der Waals surface area contributed by atoms with E-state index in [0.29, 0.717) is 12.1 Å². The van der Waals surface area contributed by atoms with Gasteiger partial charge < -0.3 is 10.4 Å². The number of nitrogens with zero attached hydrogens (tertiary/aromatic N) is 1. The maximum atomic E-state index is 9.29. The lowest BCUT2D eigenvalue weighted by Crippen LogP contribution is -2.40. The molecule has 1 aliphatic heterocycles. The summed E-state index contributed by atoms with van der Waals surface area (Å²) in [7, 11) is 0. The molecule has 2 unspecified atom stereocenters. The molecule has 2 atom stereocenters. The van der Waals surface area contributed by atoms with Gasteiger partial charge in [-0.05, 0) is 44.0 Å². The number of hydrogen-bond donors (Lipinski definition) is 2. The van der Waals surface area contributed by atoms with Gasteiger partial charge in [0.25, 0.3) is 0 Å². The maximum Gasteiger partial charge on any atom is 0.0558 e. The van der Waals surface area contributed by atoms with Crippen molar-refractivity contribution < 1.29 is 5.11 Å². The van der Waals surface area contributed by atoms with E-state index in [1.807, 2.05) is 6.07 Å². The Hall–Kier alpha value is -0.420. The van der Waals surface area contributed by atoms with Gasteiger partial charge in [0.1, 0.15) is 0 Å². The maximum absolute atomic E-state index is 9.29. The van der Waals surface area contributed by atoms with Crippen LogP contribution >= 0.6 is 15.9 Å². The van der Waals surface area contributed by atoms with Crippen LogP contribution in [0.4, 0.5) is 0 Å². The second-order valence-corrected chi connectivity index (χ2v) is 6.16. The van der Waals surface area contributed by atoms with Gasteiger partial charge in [0.15, 0.2) is 0 Å². The summed E-state index contributed by atoms with van der Waals surface area (Å²) in [6.45, 7) is 5.29. The monoisotopic (exact) mass is 326 g/mol. The third kappa shape index (κ3) is 4.28. The normalized spacial score (nSPS) is 20.9. The summed E-state index contributed by atoms with van der Waals surface area (Å²) in [5, 5.41) is 12.8. The van der Waals surface area contributed by atoms with Gasteiger partial charge >= 0.3 is 0 Å². The van der Waals surface area contributed by atoms with Gasteiger partial charge in [0.2, 0.25) is 0 Å². The van der Waals surface area contributed by atoms with Gasteiger partial charge in [-0.1, -0.05) is 28.1 Å². The average molecular weight is 327 g/mol. The van der Waals surface area contributed by atoms with Gasteiger partial charge in [-0.15, -0.1) is 0 Å². The number of rotatable bonds is 6. The number of aliphatic hydroxyl groups is 1. The highest BCUT2D eigenvalue weighted by Gasteiger charge is 2.22. The first kappa shape index (κ1) is 15.0. The molecule has 0 saturated carbocycles. The van der Waals surface area contributed by atoms with E-state index >= 15 is 0 Å². The van der Waals surface area contributed by atoms with Crippen LogP contribution in [0.2, 0.25) is 0 Å². The van der Waals surface area contributed by atoms with E-state index < -0.39 is 0 Å². The lowest BCUT2D eigenvalue weighted by molar-refractivity contribution is 0.147. The molecule has 2 N–H and O–H groups in total. The molecule has 19 heavy (non-hydrogen) atoms. The molecule has 106 valence electrons. The van der Waals surface area contributed by atoms with Crippen LogP contribution in [0.15, 0.2) is 28.7 Å². The summed E-state index contributed by atoms with van der Waals surface area (Å²) in [5.41, 5.74) is 1.29. The molecule has 3 nitrogen and oxygen atoms in total. The second-order valence-electron chi connectivity index (χ2n) is 5.24. The van der Waals surface area contributed by atoms with E-state index in [1.165, 1.54) is 18.4 Å². The predicted molar refractivity (Wildman–Crippen MR) is 82.2 cm³/mol. The highest BCUT2D eigenvalue weighted by molar-refractivity contribution is 9.10. The van der Waals surface area contributed by atoms with Crippen LogP contribution in [0, 0.1) is 0 Å². The van der Waals surface area contributed by atoms with Crippen LogP contribution in [-0.4, -0.2) is 42.3 Å². The number of nitrogens with one attached hydrogen (secondary N) is 1. The van der Waals surface area contributed by atoms with Crippen LogP contribution < -0.4 is 5.32 Å². The van der Waals surface area contributed by atoms with Crippen LogP contribution in [0.5, 0.6) is 0 Å². The summed E-state index contributed by atoms with van der Waals surface area (Å²) >= 11 is 3.53. The van der Waals surface area contributed by atoms with Crippen molar-refractivity contribution in [3.05, 3.63) is 34.3 Å². The number of halogens is 1. The van der Waals surface area contributed by atoms with E-state index in [9.17, 15) is 5.11 Å². The Labute approximate surface area is 124 Å². The SMILES string of the molecule is CC(c1cccc(Br)c1)N(CCO)CC1CCCN1. The summed E-state index contributed by atoms with van der Waals surface area (Å²) in [4.78, 5) is 2.37. The first-order valence-electron chi connectivity index (χ1n) is 7.04. The van der Waals surface area contributed by atoms with Gasteiger partial charge in [0.05, 0.1) is 6.61 Å². The molecular weight excluding hydrogens is 304 g/mol. The zero-order chi connectivity index (χ0) is 13.7. The summed E-state index contributed by atoms with van der Waals surface area (Å²) < 4.78 is 1.11. The zero-order valence-corrected chi connectivity index (χ0v) is 13.1. The van der Waals surface area contributed by atoms with Crippen molar-refractivity contribution in [2.45, 2.75) is 31.8 Å². The van der Waals surface area contributed by atoms with Gasteiger partial charge in [-0.3, -0.25) is 4.90 Å². The quantitative estimate of drug-likeness (QED) is 0.843.